The average molecular weight is 1000 g/mol. The number of allylic oxidation sites excluding steroid dienone is 30. The van der Waals surface area contributed by atoms with E-state index in [4.69, 9.17) is 14.2 Å². The molecule has 1 atom stereocenters. The van der Waals surface area contributed by atoms with Crippen LogP contribution in [0.2, 0.25) is 0 Å². The molecule has 73 heavy (non-hydrogen) atoms. The number of hydrogen-bond acceptors (Lipinski definition) is 6. The van der Waals surface area contributed by atoms with Crippen molar-refractivity contribution in [1.82, 2.24) is 0 Å². The van der Waals surface area contributed by atoms with Gasteiger partial charge in [-0.25, -0.2) is 0 Å². The quantitative estimate of drug-likeness (QED) is 0.0262. The highest BCUT2D eigenvalue weighted by molar-refractivity contribution is 5.71. The summed E-state index contributed by atoms with van der Waals surface area (Å²) < 4.78 is 16.7. The van der Waals surface area contributed by atoms with E-state index >= 15 is 0 Å². The van der Waals surface area contributed by atoms with E-state index in [1.54, 1.807) is 0 Å². The van der Waals surface area contributed by atoms with Gasteiger partial charge in [-0.15, -0.1) is 0 Å². The van der Waals surface area contributed by atoms with Gasteiger partial charge in [0, 0.05) is 19.3 Å². The van der Waals surface area contributed by atoms with Crippen LogP contribution in [0.15, 0.2) is 182 Å². The molecule has 404 valence electrons. The summed E-state index contributed by atoms with van der Waals surface area (Å²) >= 11 is 0. The van der Waals surface area contributed by atoms with Crippen LogP contribution in [0, 0.1) is 0 Å². The van der Waals surface area contributed by atoms with Gasteiger partial charge >= 0.3 is 17.9 Å². The second-order valence-corrected chi connectivity index (χ2v) is 17.7. The van der Waals surface area contributed by atoms with Crippen LogP contribution in [0.1, 0.15) is 201 Å². The Labute approximate surface area is 446 Å². The normalized spacial score (nSPS) is 13.5. The minimum atomic E-state index is -0.841. The van der Waals surface area contributed by atoms with Crippen molar-refractivity contribution in [1.29, 1.82) is 0 Å². The molecular formula is C67H100O6. The SMILES string of the molecule is CC/C=C\C/C=C\C/C=C\C/C=C\C/C=C\C/C=C\C/C=C\C/C=C\CCCCC(=O)OCC(COC(=O)CCCCC/C=C\C/C=C\C/C=C\CC)OC(=O)CCCC/C=C\C/C=C\C/C=C\C/C=C\CC. The Hall–Kier alpha value is -5.49. The molecule has 0 aromatic heterocycles. The molecule has 0 heterocycles. The van der Waals surface area contributed by atoms with Crippen molar-refractivity contribution in [3.63, 3.8) is 0 Å². The van der Waals surface area contributed by atoms with Crippen molar-refractivity contribution < 1.29 is 28.6 Å². The van der Waals surface area contributed by atoms with Crippen molar-refractivity contribution >= 4 is 17.9 Å². The van der Waals surface area contributed by atoms with Crippen molar-refractivity contribution in [2.24, 2.45) is 0 Å². The number of ether oxygens (including phenoxy) is 3. The van der Waals surface area contributed by atoms with Crippen LogP contribution in [-0.2, 0) is 28.6 Å². The summed E-state index contributed by atoms with van der Waals surface area (Å²) in [5.74, 6) is -1.06. The van der Waals surface area contributed by atoms with Crippen molar-refractivity contribution in [3.05, 3.63) is 182 Å². The van der Waals surface area contributed by atoms with Crippen LogP contribution in [0.5, 0.6) is 0 Å². The Balaban J connectivity index is 4.53. The molecule has 0 amide bonds. The lowest BCUT2D eigenvalue weighted by atomic mass is 10.1. The molecule has 0 aliphatic carbocycles. The lowest BCUT2D eigenvalue weighted by molar-refractivity contribution is -0.167. The van der Waals surface area contributed by atoms with Gasteiger partial charge in [0.05, 0.1) is 0 Å². The Morgan fingerprint density at radius 1 is 0.274 bits per heavy atom. The molecule has 0 aromatic rings. The number of hydrogen-bond donors (Lipinski definition) is 0. The largest absolute Gasteiger partial charge is 0.462 e. The number of esters is 3. The lowest BCUT2D eigenvalue weighted by Crippen LogP contribution is -2.30. The minimum Gasteiger partial charge on any atom is -0.462 e. The van der Waals surface area contributed by atoms with Crippen molar-refractivity contribution in [2.45, 2.75) is 207 Å². The molecule has 0 fully saturated rings. The van der Waals surface area contributed by atoms with Gasteiger partial charge in [0.2, 0.25) is 0 Å². The zero-order chi connectivity index (χ0) is 52.9. The fraction of sp³-hybridized carbons (Fsp3) is 0.507. The van der Waals surface area contributed by atoms with E-state index < -0.39 is 6.10 Å². The van der Waals surface area contributed by atoms with Gasteiger partial charge in [-0.05, 0) is 154 Å². The van der Waals surface area contributed by atoms with Gasteiger partial charge in [-0.1, -0.05) is 209 Å². The summed E-state index contributed by atoms with van der Waals surface area (Å²) in [5, 5.41) is 0. The summed E-state index contributed by atoms with van der Waals surface area (Å²) in [6.07, 6.45) is 88.9. The molecule has 6 heteroatoms. The molecule has 0 N–H and O–H groups in total. The maximum Gasteiger partial charge on any atom is 0.306 e. The maximum absolute atomic E-state index is 12.8. The molecule has 0 saturated carbocycles. The summed E-state index contributed by atoms with van der Waals surface area (Å²) in [6, 6.07) is 0. The second kappa shape index (κ2) is 59.1. The van der Waals surface area contributed by atoms with Crippen LogP contribution >= 0.6 is 0 Å². The van der Waals surface area contributed by atoms with Crippen LogP contribution in [0.25, 0.3) is 0 Å². The zero-order valence-electron chi connectivity index (χ0n) is 46.1. The topological polar surface area (TPSA) is 78.9 Å². The van der Waals surface area contributed by atoms with Crippen molar-refractivity contribution in [2.75, 3.05) is 13.2 Å². The fourth-order valence-corrected chi connectivity index (χ4v) is 6.75. The first-order valence-corrected chi connectivity index (χ1v) is 28.3. The van der Waals surface area contributed by atoms with Crippen LogP contribution < -0.4 is 0 Å². The molecule has 1 unspecified atom stereocenters. The van der Waals surface area contributed by atoms with E-state index in [0.29, 0.717) is 19.3 Å². The highest BCUT2D eigenvalue weighted by atomic mass is 16.6. The van der Waals surface area contributed by atoms with Gasteiger partial charge in [-0.3, -0.25) is 14.4 Å². The van der Waals surface area contributed by atoms with E-state index in [1.807, 2.05) is 0 Å². The predicted molar refractivity (Wildman–Crippen MR) is 315 cm³/mol. The maximum atomic E-state index is 12.8. The number of carbonyl (C=O) groups excluding carboxylic acids is 3. The smallest absolute Gasteiger partial charge is 0.306 e. The summed E-state index contributed by atoms with van der Waals surface area (Å²) in [7, 11) is 0. The molecule has 0 rings (SSSR count). The van der Waals surface area contributed by atoms with Gasteiger partial charge in [0.1, 0.15) is 13.2 Å². The van der Waals surface area contributed by atoms with Crippen LogP contribution in [0.3, 0.4) is 0 Å². The van der Waals surface area contributed by atoms with Crippen LogP contribution in [0.4, 0.5) is 0 Å². The van der Waals surface area contributed by atoms with Crippen molar-refractivity contribution in [3.8, 4) is 0 Å². The van der Waals surface area contributed by atoms with E-state index in [-0.39, 0.29) is 44.0 Å². The highest BCUT2D eigenvalue weighted by Gasteiger charge is 2.19. The lowest BCUT2D eigenvalue weighted by Gasteiger charge is -2.18. The van der Waals surface area contributed by atoms with E-state index in [9.17, 15) is 14.4 Å². The monoisotopic (exact) mass is 1000 g/mol. The van der Waals surface area contributed by atoms with Crippen LogP contribution in [-0.4, -0.2) is 37.2 Å². The molecule has 0 aliphatic rings. The van der Waals surface area contributed by atoms with Gasteiger partial charge < -0.3 is 14.2 Å². The predicted octanol–water partition coefficient (Wildman–Crippen LogP) is 19.3. The Morgan fingerprint density at radius 2 is 0.493 bits per heavy atom. The van der Waals surface area contributed by atoms with E-state index in [2.05, 4.69) is 203 Å². The first-order chi connectivity index (χ1) is 36.0. The third kappa shape index (κ3) is 57.3. The number of unbranched alkanes of at least 4 members (excludes halogenated alkanes) is 7. The molecule has 6 nitrogen and oxygen atoms in total. The Morgan fingerprint density at radius 3 is 0.767 bits per heavy atom. The fourth-order valence-electron chi connectivity index (χ4n) is 6.75. The summed E-state index contributed by atoms with van der Waals surface area (Å²) in [4.78, 5) is 38.1. The average Bonchev–Trinajstić information content (AvgIpc) is 3.39. The third-order valence-corrected chi connectivity index (χ3v) is 10.9. The zero-order valence-corrected chi connectivity index (χ0v) is 46.1. The highest BCUT2D eigenvalue weighted by Crippen LogP contribution is 2.10. The molecule has 0 spiro atoms. The van der Waals surface area contributed by atoms with Gasteiger partial charge in [-0.2, -0.15) is 0 Å². The van der Waals surface area contributed by atoms with Gasteiger partial charge in [0.15, 0.2) is 6.10 Å². The van der Waals surface area contributed by atoms with E-state index in [0.717, 1.165) is 148 Å². The molecule has 0 aromatic carbocycles. The number of rotatable bonds is 48. The third-order valence-electron chi connectivity index (χ3n) is 10.9. The first kappa shape index (κ1) is 67.5. The first-order valence-electron chi connectivity index (χ1n) is 28.3. The van der Waals surface area contributed by atoms with Gasteiger partial charge in [0.25, 0.3) is 0 Å². The molecule has 0 aliphatic heterocycles. The Kier molecular flexibility index (Phi) is 54.6. The Bertz CT molecular complexity index is 1770. The summed E-state index contributed by atoms with van der Waals surface area (Å²) in [6.45, 7) is 6.16. The molecule has 0 bridgehead atoms. The minimum absolute atomic E-state index is 0.134. The summed E-state index contributed by atoms with van der Waals surface area (Å²) in [5.41, 5.74) is 0. The van der Waals surface area contributed by atoms with E-state index in [1.165, 1.54) is 0 Å². The standard InChI is InChI=1S/C67H100O6/c1-4-7-10-13-16-19-22-25-27-28-29-30-31-32-33-34-35-36-37-38-40-42-45-48-51-54-57-60-66(69)72-63-64(62-71-65(68)59-56-53-50-47-44-41-24-21-18-15-12-9-6-3)73-67(70)61-58-55-52-49-46-43-39-26-23-20-17-14-11-8-5-2/h7-12,16-21,25-27,29-30,32-33,35-36,38-41,44-46,48-49,64H,4-6,13-15,22-24,28,31,34,37,42-43,47,50-63H2,1-3H3/b10-7-,11-8-,12-9-,19-16-,20-17-,21-18-,27-25-,30-29-,33-32-,36-35-,39-26-,40-38-,44-41-,48-45-,49-46-. The molecule has 0 saturated heterocycles. The molecular weight excluding hydrogens is 901 g/mol. The second-order valence-electron chi connectivity index (χ2n) is 17.7. The number of carbonyl (C=O) groups is 3. The molecule has 0 radical (unpaired) electrons.